The number of nitrogens with zero attached hydrogens (tertiary/aromatic N) is 2. The SMILES string of the molecule is CC(C(=O)Nc1cccc(NC(=O)c2c(F)cc(OC(F)F)cc2F)c1)n1cccn1. The van der Waals surface area contributed by atoms with Gasteiger partial charge in [0.1, 0.15) is 29.0 Å². The van der Waals surface area contributed by atoms with Gasteiger partial charge >= 0.3 is 6.61 Å². The maximum atomic E-state index is 14.1. The molecule has 1 aromatic heterocycles. The third kappa shape index (κ3) is 5.38. The van der Waals surface area contributed by atoms with Gasteiger partial charge in [0, 0.05) is 35.9 Å². The van der Waals surface area contributed by atoms with Crippen LogP contribution in [-0.4, -0.2) is 28.2 Å². The molecule has 1 heterocycles. The van der Waals surface area contributed by atoms with Gasteiger partial charge in [0.15, 0.2) is 0 Å². The Bertz CT molecular complexity index is 1070. The normalized spacial score (nSPS) is 11.8. The summed E-state index contributed by atoms with van der Waals surface area (Å²) >= 11 is 0. The van der Waals surface area contributed by atoms with E-state index in [0.717, 1.165) is 0 Å². The fourth-order valence-corrected chi connectivity index (χ4v) is 2.68. The zero-order valence-electron chi connectivity index (χ0n) is 16.0. The summed E-state index contributed by atoms with van der Waals surface area (Å²) in [6, 6.07) is 7.92. The second-order valence-electron chi connectivity index (χ2n) is 6.33. The number of carbonyl (C=O) groups excluding carboxylic acids is 2. The number of nitrogens with one attached hydrogen (secondary N) is 2. The number of anilines is 2. The van der Waals surface area contributed by atoms with Gasteiger partial charge in [0.2, 0.25) is 5.91 Å². The Kier molecular flexibility index (Phi) is 6.53. The number of halogens is 4. The van der Waals surface area contributed by atoms with Crippen molar-refractivity contribution in [1.82, 2.24) is 9.78 Å². The van der Waals surface area contributed by atoms with Crippen LogP contribution in [0.4, 0.5) is 28.9 Å². The van der Waals surface area contributed by atoms with E-state index >= 15 is 0 Å². The Morgan fingerprint density at radius 3 is 2.26 bits per heavy atom. The molecule has 0 saturated carbocycles. The largest absolute Gasteiger partial charge is 0.435 e. The van der Waals surface area contributed by atoms with E-state index in [1.54, 1.807) is 25.3 Å². The van der Waals surface area contributed by atoms with E-state index in [2.05, 4.69) is 20.5 Å². The van der Waals surface area contributed by atoms with Crippen molar-refractivity contribution < 1.29 is 31.9 Å². The number of carbonyl (C=O) groups is 2. The predicted molar refractivity (Wildman–Crippen MR) is 103 cm³/mol. The van der Waals surface area contributed by atoms with Crippen molar-refractivity contribution >= 4 is 23.2 Å². The van der Waals surface area contributed by atoms with Crippen LogP contribution < -0.4 is 15.4 Å². The van der Waals surface area contributed by atoms with Crippen LogP contribution in [-0.2, 0) is 4.79 Å². The van der Waals surface area contributed by atoms with Crippen molar-refractivity contribution in [3.63, 3.8) is 0 Å². The molecule has 31 heavy (non-hydrogen) atoms. The van der Waals surface area contributed by atoms with E-state index in [1.807, 2.05) is 0 Å². The van der Waals surface area contributed by atoms with Crippen LogP contribution in [0.3, 0.4) is 0 Å². The maximum absolute atomic E-state index is 14.1. The van der Waals surface area contributed by atoms with Crippen molar-refractivity contribution in [2.24, 2.45) is 0 Å². The molecule has 1 atom stereocenters. The van der Waals surface area contributed by atoms with Crippen LogP contribution in [0.5, 0.6) is 5.75 Å². The highest BCUT2D eigenvalue weighted by Gasteiger charge is 2.21. The van der Waals surface area contributed by atoms with Gasteiger partial charge in [-0.1, -0.05) is 6.07 Å². The fourth-order valence-electron chi connectivity index (χ4n) is 2.68. The maximum Gasteiger partial charge on any atom is 0.387 e. The third-order valence-corrected chi connectivity index (χ3v) is 4.16. The van der Waals surface area contributed by atoms with Crippen molar-refractivity contribution in [3.05, 3.63) is 72.1 Å². The molecule has 2 amide bonds. The van der Waals surface area contributed by atoms with E-state index in [1.165, 1.54) is 29.1 Å². The molecular formula is C20H16F4N4O3. The molecule has 0 aliphatic carbocycles. The number of ether oxygens (including phenoxy) is 1. The van der Waals surface area contributed by atoms with Crippen LogP contribution in [0.1, 0.15) is 23.3 Å². The molecule has 0 saturated heterocycles. The number of rotatable bonds is 7. The number of alkyl halides is 2. The molecule has 0 aliphatic rings. The highest BCUT2D eigenvalue weighted by atomic mass is 19.3. The molecule has 1 unspecified atom stereocenters. The fraction of sp³-hybridized carbons (Fsp3) is 0.150. The minimum atomic E-state index is -3.27. The molecule has 3 rings (SSSR count). The Balaban J connectivity index is 1.72. The van der Waals surface area contributed by atoms with E-state index < -0.39 is 41.5 Å². The summed E-state index contributed by atoms with van der Waals surface area (Å²) in [5.74, 6) is -5.01. The molecule has 0 bridgehead atoms. The van der Waals surface area contributed by atoms with Gasteiger partial charge in [-0.3, -0.25) is 14.3 Å². The second-order valence-corrected chi connectivity index (χ2v) is 6.33. The zero-order valence-corrected chi connectivity index (χ0v) is 16.0. The van der Waals surface area contributed by atoms with Crippen molar-refractivity contribution in [1.29, 1.82) is 0 Å². The number of hydrogen-bond donors (Lipinski definition) is 2. The lowest BCUT2D eigenvalue weighted by Crippen LogP contribution is -2.24. The van der Waals surface area contributed by atoms with Gasteiger partial charge in [-0.05, 0) is 31.2 Å². The first-order valence-electron chi connectivity index (χ1n) is 8.90. The van der Waals surface area contributed by atoms with Gasteiger partial charge in [-0.2, -0.15) is 13.9 Å². The second kappa shape index (κ2) is 9.28. The number of hydrogen-bond acceptors (Lipinski definition) is 4. The van der Waals surface area contributed by atoms with Crippen molar-refractivity contribution in [2.45, 2.75) is 19.6 Å². The lowest BCUT2D eigenvalue weighted by atomic mass is 10.1. The molecule has 7 nitrogen and oxygen atoms in total. The van der Waals surface area contributed by atoms with E-state index in [9.17, 15) is 27.2 Å². The van der Waals surface area contributed by atoms with Gasteiger partial charge in [-0.15, -0.1) is 0 Å². The highest BCUT2D eigenvalue weighted by molar-refractivity contribution is 6.05. The first kappa shape index (κ1) is 21.8. The lowest BCUT2D eigenvalue weighted by Gasteiger charge is -2.14. The lowest BCUT2D eigenvalue weighted by molar-refractivity contribution is -0.119. The Morgan fingerprint density at radius 1 is 1.03 bits per heavy atom. The summed E-state index contributed by atoms with van der Waals surface area (Å²) in [5.41, 5.74) is -0.506. The molecule has 2 N–H and O–H groups in total. The average molecular weight is 436 g/mol. The van der Waals surface area contributed by atoms with Crippen LogP contribution in [0, 0.1) is 11.6 Å². The zero-order chi connectivity index (χ0) is 22.5. The highest BCUT2D eigenvalue weighted by Crippen LogP contribution is 2.24. The monoisotopic (exact) mass is 436 g/mol. The molecule has 0 fully saturated rings. The summed E-state index contributed by atoms with van der Waals surface area (Å²) in [6.45, 7) is -1.63. The predicted octanol–water partition coefficient (Wildman–Crippen LogP) is 4.21. The average Bonchev–Trinajstić information content (AvgIpc) is 3.21. The summed E-state index contributed by atoms with van der Waals surface area (Å²) in [7, 11) is 0. The van der Waals surface area contributed by atoms with Gasteiger partial charge in [0.25, 0.3) is 5.91 Å². The first-order chi connectivity index (χ1) is 14.7. The van der Waals surface area contributed by atoms with E-state index in [0.29, 0.717) is 17.8 Å². The van der Waals surface area contributed by atoms with E-state index in [4.69, 9.17) is 0 Å². The minimum Gasteiger partial charge on any atom is -0.435 e. The van der Waals surface area contributed by atoms with Crippen LogP contribution in [0.15, 0.2) is 54.9 Å². The van der Waals surface area contributed by atoms with Crippen LogP contribution in [0.2, 0.25) is 0 Å². The third-order valence-electron chi connectivity index (χ3n) is 4.16. The molecule has 2 aromatic carbocycles. The van der Waals surface area contributed by atoms with E-state index in [-0.39, 0.29) is 11.6 Å². The molecule has 3 aromatic rings. The van der Waals surface area contributed by atoms with Crippen molar-refractivity contribution in [3.8, 4) is 5.75 Å². The van der Waals surface area contributed by atoms with Gasteiger partial charge in [0.05, 0.1) is 0 Å². The van der Waals surface area contributed by atoms with Gasteiger partial charge in [-0.25, -0.2) is 8.78 Å². The topological polar surface area (TPSA) is 85.3 Å². The molecule has 11 heteroatoms. The number of benzene rings is 2. The summed E-state index contributed by atoms with van der Waals surface area (Å²) in [4.78, 5) is 24.6. The van der Waals surface area contributed by atoms with Crippen LogP contribution >= 0.6 is 0 Å². The number of amides is 2. The Morgan fingerprint density at radius 2 is 1.68 bits per heavy atom. The minimum absolute atomic E-state index is 0.140. The van der Waals surface area contributed by atoms with Crippen LogP contribution in [0.25, 0.3) is 0 Å². The standard InChI is InChI=1S/C20H16F4N4O3/c1-11(28-7-3-6-25-28)18(29)26-12-4-2-5-13(8-12)27-19(30)17-15(21)9-14(10-16(17)22)31-20(23)24/h2-11,20H,1H3,(H,26,29)(H,27,30). The molecule has 162 valence electrons. The quantitative estimate of drug-likeness (QED) is 0.544. The molecule has 0 spiro atoms. The molecule has 0 aliphatic heterocycles. The summed E-state index contributed by atoms with van der Waals surface area (Å²) < 4.78 is 58.0. The van der Waals surface area contributed by atoms with Gasteiger partial charge < -0.3 is 15.4 Å². The summed E-state index contributed by atoms with van der Waals surface area (Å²) in [6.07, 6.45) is 3.16. The smallest absolute Gasteiger partial charge is 0.387 e. The Hall–Kier alpha value is -3.89. The molecular weight excluding hydrogens is 420 g/mol. The Labute approximate surface area is 173 Å². The number of aromatic nitrogens is 2. The van der Waals surface area contributed by atoms with Crippen molar-refractivity contribution in [2.75, 3.05) is 10.6 Å². The summed E-state index contributed by atoms with van der Waals surface area (Å²) in [5, 5.41) is 8.92. The molecule has 0 radical (unpaired) electrons. The first-order valence-corrected chi connectivity index (χ1v) is 8.90.